The number of hydrogen-bond donors (Lipinski definition) is 1. The average Bonchev–Trinajstić information content (AvgIpc) is 2.90. The maximum absolute atomic E-state index is 12.0. The van der Waals surface area contributed by atoms with Crippen molar-refractivity contribution in [1.29, 1.82) is 0 Å². The molecule has 20 heavy (non-hydrogen) atoms. The fourth-order valence-corrected chi connectivity index (χ4v) is 1.88. The molecule has 1 fully saturated rings. The zero-order valence-corrected chi connectivity index (χ0v) is 12.2. The zero-order chi connectivity index (χ0) is 15.3. The topological polar surface area (TPSA) is 66.5 Å². The molecule has 1 rings (SSSR count). The molecule has 1 saturated heterocycles. The van der Waals surface area contributed by atoms with Crippen LogP contribution in [0, 0.1) is 5.92 Å². The van der Waals surface area contributed by atoms with Crippen molar-refractivity contribution in [2.75, 3.05) is 13.1 Å². The van der Waals surface area contributed by atoms with Gasteiger partial charge in [-0.3, -0.25) is 14.4 Å². The Balaban J connectivity index is 2.48. The van der Waals surface area contributed by atoms with E-state index in [9.17, 15) is 14.4 Å². The second-order valence-electron chi connectivity index (χ2n) is 5.33. The van der Waals surface area contributed by atoms with E-state index < -0.39 is 0 Å². The number of allylic oxidation sites excluding steroid dienone is 1. The highest BCUT2D eigenvalue weighted by molar-refractivity contribution is 6.05. The van der Waals surface area contributed by atoms with Crippen LogP contribution in [0.3, 0.4) is 0 Å². The summed E-state index contributed by atoms with van der Waals surface area (Å²) in [6.45, 7) is 12.1. The molecule has 5 heteroatoms. The van der Waals surface area contributed by atoms with Gasteiger partial charge in [-0.15, -0.1) is 0 Å². The maximum Gasteiger partial charge on any atom is 0.249 e. The summed E-state index contributed by atoms with van der Waals surface area (Å²) >= 11 is 0. The fourth-order valence-electron chi connectivity index (χ4n) is 1.88. The number of hydrogen-bond acceptors (Lipinski definition) is 3. The largest absolute Gasteiger partial charge is 0.339 e. The van der Waals surface area contributed by atoms with Crippen molar-refractivity contribution in [3.63, 3.8) is 0 Å². The number of rotatable bonds is 6. The van der Waals surface area contributed by atoms with Crippen molar-refractivity contribution in [2.45, 2.75) is 33.1 Å². The van der Waals surface area contributed by atoms with E-state index in [0.717, 1.165) is 25.9 Å². The van der Waals surface area contributed by atoms with Gasteiger partial charge in [0.1, 0.15) is 0 Å². The first kappa shape index (κ1) is 16.1. The number of Topliss-reactive ketones (excluding diaryl/α,β-unsaturated/α-hetero) is 1. The summed E-state index contributed by atoms with van der Waals surface area (Å²) in [6, 6.07) is 0. The SMILES string of the molecule is C=C(CC(=O)C(=C)NC(=O)C(C)C)C(=O)N1CCCC1. The Labute approximate surface area is 119 Å². The van der Waals surface area contributed by atoms with E-state index in [0.29, 0.717) is 0 Å². The lowest BCUT2D eigenvalue weighted by molar-refractivity contribution is -0.127. The Bertz CT molecular complexity index is 446. The summed E-state index contributed by atoms with van der Waals surface area (Å²) in [4.78, 5) is 37.0. The Morgan fingerprint density at radius 2 is 1.70 bits per heavy atom. The van der Waals surface area contributed by atoms with Crippen LogP contribution in [0.1, 0.15) is 33.1 Å². The van der Waals surface area contributed by atoms with Gasteiger partial charge in [-0.2, -0.15) is 0 Å². The van der Waals surface area contributed by atoms with Gasteiger partial charge >= 0.3 is 0 Å². The molecular formula is C15H22N2O3. The normalized spacial score (nSPS) is 14.2. The molecule has 1 aliphatic heterocycles. The van der Waals surface area contributed by atoms with Crippen LogP contribution in [0.15, 0.2) is 24.4 Å². The quantitative estimate of drug-likeness (QED) is 0.747. The third-order valence-corrected chi connectivity index (χ3v) is 3.20. The van der Waals surface area contributed by atoms with E-state index in [2.05, 4.69) is 18.5 Å². The highest BCUT2D eigenvalue weighted by Crippen LogP contribution is 2.14. The molecule has 0 aromatic rings. The van der Waals surface area contributed by atoms with E-state index in [1.54, 1.807) is 18.7 Å². The molecule has 2 amide bonds. The van der Waals surface area contributed by atoms with Crippen LogP contribution in [0.4, 0.5) is 0 Å². The molecule has 0 radical (unpaired) electrons. The highest BCUT2D eigenvalue weighted by atomic mass is 16.2. The Morgan fingerprint density at radius 1 is 1.15 bits per heavy atom. The Hall–Kier alpha value is -1.91. The Morgan fingerprint density at radius 3 is 2.20 bits per heavy atom. The van der Waals surface area contributed by atoms with Crippen LogP contribution in [-0.2, 0) is 14.4 Å². The van der Waals surface area contributed by atoms with Crippen LogP contribution in [0.25, 0.3) is 0 Å². The fraction of sp³-hybridized carbons (Fsp3) is 0.533. The molecular weight excluding hydrogens is 256 g/mol. The van der Waals surface area contributed by atoms with Crippen LogP contribution >= 0.6 is 0 Å². The molecule has 0 unspecified atom stereocenters. The summed E-state index contributed by atoms with van der Waals surface area (Å²) in [5.41, 5.74) is 0.260. The van der Waals surface area contributed by atoms with Gasteiger partial charge in [-0.05, 0) is 12.8 Å². The molecule has 0 spiro atoms. The van der Waals surface area contributed by atoms with Crippen molar-refractivity contribution in [1.82, 2.24) is 10.2 Å². The van der Waals surface area contributed by atoms with Crippen molar-refractivity contribution in [3.05, 3.63) is 24.4 Å². The third kappa shape index (κ3) is 4.33. The van der Waals surface area contributed by atoms with Crippen LogP contribution < -0.4 is 5.32 Å². The lowest BCUT2D eigenvalue weighted by atomic mass is 10.1. The van der Waals surface area contributed by atoms with Gasteiger partial charge < -0.3 is 10.2 Å². The molecule has 1 N–H and O–H groups in total. The molecule has 1 aliphatic rings. The van der Waals surface area contributed by atoms with Gasteiger partial charge in [0.2, 0.25) is 11.8 Å². The predicted molar refractivity (Wildman–Crippen MR) is 76.7 cm³/mol. The number of likely N-dealkylation sites (tertiary alicyclic amines) is 1. The minimum Gasteiger partial charge on any atom is -0.339 e. The van der Waals surface area contributed by atoms with Crippen LogP contribution in [0.5, 0.6) is 0 Å². The van der Waals surface area contributed by atoms with E-state index in [4.69, 9.17) is 0 Å². The summed E-state index contributed by atoms with van der Waals surface area (Å²) in [6.07, 6.45) is 1.88. The molecule has 0 saturated carbocycles. The van der Waals surface area contributed by atoms with E-state index in [1.165, 1.54) is 0 Å². The number of carbonyl (C=O) groups is 3. The van der Waals surface area contributed by atoms with E-state index >= 15 is 0 Å². The molecule has 0 aromatic carbocycles. The first-order chi connectivity index (χ1) is 9.32. The standard InChI is InChI=1S/C15H22N2O3/c1-10(2)14(19)16-12(4)13(18)9-11(3)15(20)17-7-5-6-8-17/h10H,3-9H2,1-2H3,(H,16,19). The molecule has 110 valence electrons. The first-order valence-electron chi connectivity index (χ1n) is 6.83. The van der Waals surface area contributed by atoms with Gasteiger partial charge in [0, 0.05) is 31.0 Å². The summed E-state index contributed by atoms with van der Waals surface area (Å²) in [5, 5.41) is 2.44. The van der Waals surface area contributed by atoms with Crippen molar-refractivity contribution in [3.8, 4) is 0 Å². The molecule has 0 aromatic heterocycles. The van der Waals surface area contributed by atoms with Crippen molar-refractivity contribution >= 4 is 17.6 Å². The number of nitrogens with one attached hydrogen (secondary N) is 1. The lowest BCUT2D eigenvalue weighted by Gasteiger charge is -2.17. The van der Waals surface area contributed by atoms with Crippen LogP contribution in [0.2, 0.25) is 0 Å². The predicted octanol–water partition coefficient (Wildman–Crippen LogP) is 1.41. The zero-order valence-electron chi connectivity index (χ0n) is 12.2. The number of amides is 2. The summed E-state index contributed by atoms with van der Waals surface area (Å²) in [5.74, 6) is -1.05. The second kappa shape index (κ2) is 7.03. The van der Waals surface area contributed by atoms with Crippen molar-refractivity contribution < 1.29 is 14.4 Å². The number of nitrogens with zero attached hydrogens (tertiary/aromatic N) is 1. The monoisotopic (exact) mass is 278 g/mol. The van der Waals surface area contributed by atoms with Crippen LogP contribution in [-0.4, -0.2) is 35.6 Å². The molecule has 0 bridgehead atoms. The smallest absolute Gasteiger partial charge is 0.249 e. The van der Waals surface area contributed by atoms with Gasteiger partial charge in [0.25, 0.3) is 0 Å². The minimum absolute atomic E-state index is 0.0130. The van der Waals surface area contributed by atoms with Gasteiger partial charge in [-0.1, -0.05) is 27.0 Å². The summed E-state index contributed by atoms with van der Waals surface area (Å²) in [7, 11) is 0. The minimum atomic E-state index is -0.378. The third-order valence-electron chi connectivity index (χ3n) is 3.20. The van der Waals surface area contributed by atoms with Crippen molar-refractivity contribution in [2.24, 2.45) is 5.92 Å². The molecule has 0 atom stereocenters. The van der Waals surface area contributed by atoms with E-state index in [-0.39, 0.29) is 41.2 Å². The van der Waals surface area contributed by atoms with E-state index in [1.807, 2.05) is 0 Å². The summed E-state index contributed by atoms with van der Waals surface area (Å²) < 4.78 is 0. The molecule has 0 aliphatic carbocycles. The maximum atomic E-state index is 12.0. The lowest BCUT2D eigenvalue weighted by Crippen LogP contribution is -2.32. The average molecular weight is 278 g/mol. The number of carbonyl (C=O) groups excluding carboxylic acids is 3. The highest BCUT2D eigenvalue weighted by Gasteiger charge is 2.23. The van der Waals surface area contributed by atoms with Gasteiger partial charge in [0.15, 0.2) is 5.78 Å². The second-order valence-corrected chi connectivity index (χ2v) is 5.33. The number of ketones is 1. The van der Waals surface area contributed by atoms with Gasteiger partial charge in [-0.25, -0.2) is 0 Å². The molecule has 5 nitrogen and oxygen atoms in total. The van der Waals surface area contributed by atoms with Gasteiger partial charge in [0.05, 0.1) is 5.70 Å². The Kier molecular flexibility index (Phi) is 5.67. The first-order valence-corrected chi connectivity index (χ1v) is 6.83. The molecule has 1 heterocycles.